The van der Waals surface area contributed by atoms with Gasteiger partial charge in [0.15, 0.2) is 0 Å². The highest BCUT2D eigenvalue weighted by molar-refractivity contribution is 9.10. The number of sulfonamides is 1. The highest BCUT2D eigenvalue weighted by atomic mass is 79.9. The van der Waals surface area contributed by atoms with Crippen LogP contribution in [0.2, 0.25) is 0 Å². The molecule has 1 aromatic carbocycles. The molecule has 100 valence electrons. The molecule has 0 radical (unpaired) electrons. The Morgan fingerprint density at radius 2 is 2.11 bits per heavy atom. The first kappa shape index (κ1) is 15.1. The molecule has 0 fully saturated rings. The number of rotatable bonds is 5. The summed E-state index contributed by atoms with van der Waals surface area (Å²) >= 11 is 3.06. The Morgan fingerprint density at radius 1 is 1.44 bits per heavy atom. The van der Waals surface area contributed by atoms with Crippen LogP contribution in [0.25, 0.3) is 0 Å². The summed E-state index contributed by atoms with van der Waals surface area (Å²) in [5, 5.41) is 2.44. The van der Waals surface area contributed by atoms with Crippen molar-refractivity contribution in [3.63, 3.8) is 0 Å². The molecule has 2 N–H and O–H groups in total. The van der Waals surface area contributed by atoms with Crippen LogP contribution in [-0.4, -0.2) is 33.7 Å². The Labute approximate surface area is 113 Å². The number of halogens is 2. The van der Waals surface area contributed by atoms with E-state index in [1.165, 1.54) is 19.2 Å². The van der Waals surface area contributed by atoms with Crippen molar-refractivity contribution in [2.75, 3.05) is 19.3 Å². The Balaban J connectivity index is 2.61. The van der Waals surface area contributed by atoms with E-state index in [0.717, 1.165) is 6.07 Å². The van der Waals surface area contributed by atoms with Gasteiger partial charge in [0.2, 0.25) is 10.0 Å². The van der Waals surface area contributed by atoms with Crippen molar-refractivity contribution in [1.29, 1.82) is 0 Å². The van der Waals surface area contributed by atoms with Crippen LogP contribution in [0.4, 0.5) is 4.39 Å². The van der Waals surface area contributed by atoms with Gasteiger partial charge in [-0.3, -0.25) is 4.79 Å². The minimum absolute atomic E-state index is 0.0220. The first-order chi connectivity index (χ1) is 8.35. The average Bonchev–Trinajstić information content (AvgIpc) is 2.28. The highest BCUT2D eigenvalue weighted by Crippen LogP contribution is 2.17. The van der Waals surface area contributed by atoms with Crippen molar-refractivity contribution in [2.24, 2.45) is 0 Å². The quantitative estimate of drug-likeness (QED) is 0.836. The van der Waals surface area contributed by atoms with Crippen LogP contribution in [0.1, 0.15) is 10.4 Å². The Hall–Kier alpha value is -0.990. The normalized spacial score (nSPS) is 11.3. The fourth-order valence-corrected chi connectivity index (χ4v) is 2.28. The van der Waals surface area contributed by atoms with E-state index in [2.05, 4.69) is 26.0 Å². The lowest BCUT2D eigenvalue weighted by Crippen LogP contribution is -2.33. The molecule has 0 aromatic heterocycles. The Kier molecular flexibility index (Phi) is 5.24. The lowest BCUT2D eigenvalue weighted by Gasteiger charge is -2.07. The Morgan fingerprint density at radius 3 is 2.67 bits per heavy atom. The number of hydrogen-bond donors (Lipinski definition) is 2. The van der Waals surface area contributed by atoms with Gasteiger partial charge in [-0.1, -0.05) is 0 Å². The van der Waals surface area contributed by atoms with E-state index in [0.29, 0.717) is 4.47 Å². The highest BCUT2D eigenvalue weighted by Gasteiger charge is 2.12. The summed E-state index contributed by atoms with van der Waals surface area (Å²) in [4.78, 5) is 11.7. The molecule has 0 unspecified atom stereocenters. The molecular weight excluding hydrogens is 327 g/mol. The smallest absolute Gasteiger partial charge is 0.252 e. The third-order valence-electron chi connectivity index (χ3n) is 2.14. The topological polar surface area (TPSA) is 75.3 Å². The summed E-state index contributed by atoms with van der Waals surface area (Å²) in [7, 11) is -2.05. The molecule has 0 heterocycles. The van der Waals surface area contributed by atoms with Gasteiger partial charge in [-0.15, -0.1) is 0 Å². The first-order valence-electron chi connectivity index (χ1n) is 5.00. The van der Waals surface area contributed by atoms with E-state index in [1.807, 2.05) is 0 Å². The molecule has 0 spiro atoms. The minimum Gasteiger partial charge on any atom is -0.351 e. The van der Waals surface area contributed by atoms with Crippen molar-refractivity contribution < 1.29 is 17.6 Å². The summed E-state index contributed by atoms with van der Waals surface area (Å²) in [6.45, 7) is -0.0220. The van der Waals surface area contributed by atoms with Gasteiger partial charge in [0.1, 0.15) is 5.82 Å². The van der Waals surface area contributed by atoms with Gasteiger partial charge in [-0.2, -0.15) is 0 Å². The molecule has 1 amide bonds. The molecular formula is C10H12BrFN2O3S. The van der Waals surface area contributed by atoms with Gasteiger partial charge < -0.3 is 5.32 Å². The zero-order chi connectivity index (χ0) is 13.8. The molecule has 5 nitrogen and oxygen atoms in total. The molecule has 1 rings (SSSR count). The molecule has 0 saturated heterocycles. The average molecular weight is 339 g/mol. The predicted molar refractivity (Wildman–Crippen MR) is 69.3 cm³/mol. The van der Waals surface area contributed by atoms with E-state index in [9.17, 15) is 17.6 Å². The maximum Gasteiger partial charge on any atom is 0.252 e. The maximum absolute atomic E-state index is 12.8. The van der Waals surface area contributed by atoms with Gasteiger partial charge in [0.05, 0.1) is 11.3 Å². The monoisotopic (exact) mass is 338 g/mol. The second kappa shape index (κ2) is 6.26. The SMILES string of the molecule is CNS(=O)(=O)CCNC(=O)c1ccc(F)cc1Br. The fraction of sp³-hybridized carbons (Fsp3) is 0.300. The number of carbonyl (C=O) groups excluding carboxylic acids is 1. The van der Waals surface area contributed by atoms with Gasteiger partial charge in [-0.25, -0.2) is 17.5 Å². The number of carbonyl (C=O) groups is 1. The van der Waals surface area contributed by atoms with Crippen LogP contribution in [0.15, 0.2) is 22.7 Å². The predicted octanol–water partition coefficient (Wildman–Crippen LogP) is 0.867. The molecule has 0 saturated carbocycles. The fourth-order valence-electron chi connectivity index (χ4n) is 1.17. The third kappa shape index (κ3) is 4.35. The zero-order valence-electron chi connectivity index (χ0n) is 9.54. The molecule has 0 atom stereocenters. The van der Waals surface area contributed by atoms with Crippen LogP contribution in [0.3, 0.4) is 0 Å². The van der Waals surface area contributed by atoms with Crippen LogP contribution in [0, 0.1) is 5.82 Å². The van der Waals surface area contributed by atoms with Gasteiger partial charge >= 0.3 is 0 Å². The lowest BCUT2D eigenvalue weighted by atomic mass is 10.2. The van der Waals surface area contributed by atoms with Crippen molar-refractivity contribution in [2.45, 2.75) is 0 Å². The lowest BCUT2D eigenvalue weighted by molar-refractivity contribution is 0.0955. The number of benzene rings is 1. The Bertz CT molecular complexity index is 548. The van der Waals surface area contributed by atoms with Crippen LogP contribution >= 0.6 is 15.9 Å². The van der Waals surface area contributed by atoms with E-state index in [1.54, 1.807) is 0 Å². The van der Waals surface area contributed by atoms with Gasteiger partial charge in [-0.05, 0) is 41.2 Å². The number of amides is 1. The van der Waals surface area contributed by atoms with Crippen molar-refractivity contribution in [3.8, 4) is 0 Å². The largest absolute Gasteiger partial charge is 0.351 e. The standard InChI is InChI=1S/C10H12BrFN2O3S/c1-13-18(16,17)5-4-14-10(15)8-3-2-7(12)6-9(8)11/h2-3,6,13H,4-5H2,1H3,(H,14,15). The van der Waals surface area contributed by atoms with Crippen LogP contribution in [0.5, 0.6) is 0 Å². The van der Waals surface area contributed by atoms with Crippen molar-refractivity contribution >= 4 is 31.9 Å². The van der Waals surface area contributed by atoms with Crippen LogP contribution in [-0.2, 0) is 10.0 Å². The van der Waals surface area contributed by atoms with E-state index in [4.69, 9.17) is 0 Å². The molecule has 0 bridgehead atoms. The molecule has 0 aliphatic carbocycles. The molecule has 0 aliphatic heterocycles. The summed E-state index contributed by atoms with van der Waals surface area (Å²) in [6, 6.07) is 3.64. The number of nitrogens with one attached hydrogen (secondary N) is 2. The first-order valence-corrected chi connectivity index (χ1v) is 7.45. The molecule has 8 heteroatoms. The summed E-state index contributed by atoms with van der Waals surface area (Å²) < 4.78 is 37.5. The van der Waals surface area contributed by atoms with Gasteiger partial charge in [0, 0.05) is 11.0 Å². The molecule has 0 aliphatic rings. The second-order valence-corrected chi connectivity index (χ2v) is 6.30. The van der Waals surface area contributed by atoms with E-state index in [-0.39, 0.29) is 17.9 Å². The van der Waals surface area contributed by atoms with Gasteiger partial charge in [0.25, 0.3) is 5.91 Å². The van der Waals surface area contributed by atoms with Crippen molar-refractivity contribution in [1.82, 2.24) is 10.0 Å². The summed E-state index contributed by atoms with van der Waals surface area (Å²) in [5.74, 6) is -1.14. The molecule has 1 aromatic rings. The summed E-state index contributed by atoms with van der Waals surface area (Å²) in [5.41, 5.74) is 0.248. The van der Waals surface area contributed by atoms with E-state index >= 15 is 0 Å². The number of hydrogen-bond acceptors (Lipinski definition) is 3. The summed E-state index contributed by atoms with van der Waals surface area (Å²) in [6.07, 6.45) is 0. The maximum atomic E-state index is 12.8. The van der Waals surface area contributed by atoms with E-state index < -0.39 is 21.7 Å². The molecule has 18 heavy (non-hydrogen) atoms. The van der Waals surface area contributed by atoms with Crippen molar-refractivity contribution in [3.05, 3.63) is 34.1 Å². The third-order valence-corrected chi connectivity index (χ3v) is 4.16. The minimum atomic E-state index is -3.35. The second-order valence-electron chi connectivity index (χ2n) is 3.40. The van der Waals surface area contributed by atoms with Crippen LogP contribution < -0.4 is 10.0 Å². The zero-order valence-corrected chi connectivity index (χ0v) is 11.9.